The Bertz CT molecular complexity index is 783. The van der Waals surface area contributed by atoms with Crippen molar-refractivity contribution >= 4 is 22.4 Å². The summed E-state index contributed by atoms with van der Waals surface area (Å²) in [6, 6.07) is 12.8. The Labute approximate surface area is 127 Å². The third-order valence-electron chi connectivity index (χ3n) is 3.59. The van der Waals surface area contributed by atoms with Crippen LogP contribution in [0.1, 0.15) is 17.2 Å². The zero-order valence-corrected chi connectivity index (χ0v) is 12.2. The van der Waals surface area contributed by atoms with Crippen LogP contribution in [0.5, 0.6) is 0 Å². The fourth-order valence-corrected chi connectivity index (χ4v) is 2.77. The maximum atomic E-state index is 13.4. The van der Waals surface area contributed by atoms with Gasteiger partial charge in [-0.3, -0.25) is 4.98 Å². The van der Waals surface area contributed by atoms with Gasteiger partial charge in [-0.05, 0) is 41.8 Å². The summed E-state index contributed by atoms with van der Waals surface area (Å²) in [5.41, 5.74) is 2.01. The summed E-state index contributed by atoms with van der Waals surface area (Å²) in [7, 11) is 1.87. The molecule has 1 aromatic heterocycles. The summed E-state index contributed by atoms with van der Waals surface area (Å²) in [5.74, 6) is -0.408. The van der Waals surface area contributed by atoms with Gasteiger partial charge in [0.15, 0.2) is 0 Å². The predicted octanol–water partition coefficient (Wildman–Crippen LogP) is 4.34. The summed E-state index contributed by atoms with van der Waals surface area (Å²) in [6.07, 6.45) is 3.62. The molecule has 2 aromatic carbocycles. The van der Waals surface area contributed by atoms with Gasteiger partial charge >= 0.3 is 0 Å². The van der Waals surface area contributed by atoms with E-state index in [0.29, 0.717) is 0 Å². The molecule has 0 bridgehead atoms. The maximum absolute atomic E-state index is 13.4. The van der Waals surface area contributed by atoms with Gasteiger partial charge in [0.05, 0.1) is 11.1 Å². The van der Waals surface area contributed by atoms with Gasteiger partial charge in [-0.15, -0.1) is 0 Å². The number of pyridine rings is 1. The molecule has 4 heteroatoms. The highest BCUT2D eigenvalue weighted by Gasteiger charge is 2.16. The molecule has 3 rings (SSSR count). The van der Waals surface area contributed by atoms with E-state index in [9.17, 15) is 4.39 Å². The van der Waals surface area contributed by atoms with Crippen molar-refractivity contribution in [3.05, 3.63) is 76.8 Å². The van der Waals surface area contributed by atoms with E-state index in [1.807, 2.05) is 37.5 Å². The van der Waals surface area contributed by atoms with Gasteiger partial charge in [0.2, 0.25) is 0 Å². The van der Waals surface area contributed by atoms with Crippen molar-refractivity contribution in [1.29, 1.82) is 0 Å². The van der Waals surface area contributed by atoms with Gasteiger partial charge in [0.25, 0.3) is 0 Å². The summed E-state index contributed by atoms with van der Waals surface area (Å²) >= 11 is 5.91. The van der Waals surface area contributed by atoms with E-state index < -0.39 is 5.82 Å². The van der Waals surface area contributed by atoms with Crippen LogP contribution in [0.2, 0.25) is 5.02 Å². The number of nitrogens with zero attached hydrogens (tertiary/aromatic N) is 1. The van der Waals surface area contributed by atoms with Crippen molar-refractivity contribution in [1.82, 2.24) is 10.3 Å². The molecule has 1 unspecified atom stereocenters. The summed E-state index contributed by atoms with van der Waals surface area (Å²) in [4.78, 5) is 4.20. The molecule has 0 radical (unpaired) electrons. The molecule has 0 amide bonds. The number of benzene rings is 2. The number of hydrogen-bond acceptors (Lipinski definition) is 2. The van der Waals surface area contributed by atoms with Crippen LogP contribution in [-0.2, 0) is 0 Å². The third kappa shape index (κ3) is 2.62. The SMILES string of the molecule is CNC(c1ccc(F)c(Cl)c1)c1cccc2ccncc12. The second-order valence-corrected chi connectivity index (χ2v) is 5.25. The standard InChI is InChI=1S/C17H14ClFN2/c1-20-17(12-5-6-16(19)15(18)9-12)13-4-2-3-11-7-8-21-10-14(11)13/h2-10,17,20H,1H3. The number of fused-ring (bicyclic) bond motifs is 1. The van der Waals surface area contributed by atoms with Crippen molar-refractivity contribution in [2.45, 2.75) is 6.04 Å². The molecule has 1 heterocycles. The van der Waals surface area contributed by atoms with Crippen LogP contribution in [-0.4, -0.2) is 12.0 Å². The second-order valence-electron chi connectivity index (χ2n) is 4.84. The van der Waals surface area contributed by atoms with E-state index in [-0.39, 0.29) is 11.1 Å². The Morgan fingerprint density at radius 2 is 2.05 bits per heavy atom. The molecule has 0 fully saturated rings. The average molecular weight is 301 g/mol. The molecular formula is C17H14ClFN2. The second kappa shape index (κ2) is 5.80. The van der Waals surface area contributed by atoms with E-state index in [0.717, 1.165) is 21.9 Å². The molecule has 0 aliphatic heterocycles. The molecule has 1 N–H and O–H groups in total. The number of halogens is 2. The first kappa shape index (κ1) is 14.0. The molecule has 2 nitrogen and oxygen atoms in total. The van der Waals surface area contributed by atoms with Crippen molar-refractivity contribution in [2.24, 2.45) is 0 Å². The first-order valence-corrected chi connectivity index (χ1v) is 7.03. The van der Waals surface area contributed by atoms with Crippen LogP contribution in [0.3, 0.4) is 0 Å². The molecule has 1 atom stereocenters. The minimum Gasteiger partial charge on any atom is -0.309 e. The first-order chi connectivity index (χ1) is 10.2. The molecule has 106 valence electrons. The predicted molar refractivity (Wildman–Crippen MR) is 84.1 cm³/mol. The van der Waals surface area contributed by atoms with Crippen LogP contribution in [0.25, 0.3) is 10.8 Å². The van der Waals surface area contributed by atoms with Crippen LogP contribution in [0.4, 0.5) is 4.39 Å². The Morgan fingerprint density at radius 1 is 1.19 bits per heavy atom. The number of nitrogens with one attached hydrogen (secondary N) is 1. The van der Waals surface area contributed by atoms with E-state index in [1.165, 1.54) is 6.07 Å². The molecule has 0 saturated heterocycles. The van der Waals surface area contributed by atoms with E-state index in [2.05, 4.69) is 10.3 Å². The van der Waals surface area contributed by atoms with Crippen molar-refractivity contribution in [3.63, 3.8) is 0 Å². The smallest absolute Gasteiger partial charge is 0.141 e. The Kier molecular flexibility index (Phi) is 3.86. The third-order valence-corrected chi connectivity index (χ3v) is 3.88. The molecule has 0 spiro atoms. The van der Waals surface area contributed by atoms with E-state index in [1.54, 1.807) is 18.3 Å². The normalized spacial score (nSPS) is 12.5. The lowest BCUT2D eigenvalue weighted by Crippen LogP contribution is -2.18. The van der Waals surface area contributed by atoms with Gasteiger partial charge in [-0.2, -0.15) is 0 Å². The summed E-state index contributed by atoms with van der Waals surface area (Å²) < 4.78 is 13.4. The fourth-order valence-electron chi connectivity index (χ4n) is 2.58. The molecule has 0 aliphatic carbocycles. The summed E-state index contributed by atoms with van der Waals surface area (Å²) in [6.45, 7) is 0. The van der Waals surface area contributed by atoms with Gasteiger partial charge in [0, 0.05) is 17.8 Å². The Balaban J connectivity index is 2.16. The van der Waals surface area contributed by atoms with Crippen LogP contribution in [0.15, 0.2) is 54.9 Å². The van der Waals surface area contributed by atoms with Gasteiger partial charge in [-0.25, -0.2) is 4.39 Å². The first-order valence-electron chi connectivity index (χ1n) is 6.65. The lowest BCUT2D eigenvalue weighted by molar-refractivity contribution is 0.624. The molecule has 0 saturated carbocycles. The number of aromatic nitrogens is 1. The quantitative estimate of drug-likeness (QED) is 0.778. The van der Waals surface area contributed by atoms with E-state index >= 15 is 0 Å². The topological polar surface area (TPSA) is 24.9 Å². The lowest BCUT2D eigenvalue weighted by atomic mass is 9.95. The van der Waals surface area contributed by atoms with Gasteiger partial charge < -0.3 is 5.32 Å². The van der Waals surface area contributed by atoms with Crippen molar-refractivity contribution in [2.75, 3.05) is 7.05 Å². The highest BCUT2D eigenvalue weighted by atomic mass is 35.5. The highest BCUT2D eigenvalue weighted by molar-refractivity contribution is 6.30. The monoisotopic (exact) mass is 300 g/mol. The Hall–Kier alpha value is -1.97. The Morgan fingerprint density at radius 3 is 2.81 bits per heavy atom. The lowest BCUT2D eigenvalue weighted by Gasteiger charge is -2.19. The molecule has 21 heavy (non-hydrogen) atoms. The molecule has 0 aliphatic rings. The zero-order chi connectivity index (χ0) is 14.8. The van der Waals surface area contributed by atoms with Crippen LogP contribution < -0.4 is 5.32 Å². The van der Waals surface area contributed by atoms with Gasteiger partial charge in [0.1, 0.15) is 5.82 Å². The van der Waals surface area contributed by atoms with Crippen molar-refractivity contribution < 1.29 is 4.39 Å². The molecular weight excluding hydrogens is 287 g/mol. The highest BCUT2D eigenvalue weighted by Crippen LogP contribution is 2.30. The number of rotatable bonds is 3. The number of hydrogen-bond donors (Lipinski definition) is 1. The van der Waals surface area contributed by atoms with Crippen molar-refractivity contribution in [3.8, 4) is 0 Å². The van der Waals surface area contributed by atoms with E-state index in [4.69, 9.17) is 11.6 Å². The molecule has 3 aromatic rings. The average Bonchev–Trinajstić information content (AvgIpc) is 2.52. The van der Waals surface area contributed by atoms with Crippen LogP contribution in [0, 0.1) is 5.82 Å². The minimum atomic E-state index is -0.408. The summed E-state index contributed by atoms with van der Waals surface area (Å²) in [5, 5.41) is 5.59. The minimum absolute atomic E-state index is 0.0731. The van der Waals surface area contributed by atoms with Crippen LogP contribution >= 0.6 is 11.6 Å². The zero-order valence-electron chi connectivity index (χ0n) is 11.5. The largest absolute Gasteiger partial charge is 0.309 e. The van der Waals surface area contributed by atoms with Gasteiger partial charge in [-0.1, -0.05) is 35.9 Å². The fraction of sp³-hybridized carbons (Fsp3) is 0.118. The maximum Gasteiger partial charge on any atom is 0.141 e.